The van der Waals surface area contributed by atoms with Crippen molar-refractivity contribution >= 4 is 29.2 Å². The van der Waals surface area contributed by atoms with Crippen molar-refractivity contribution in [2.45, 2.75) is 24.9 Å². The lowest BCUT2D eigenvalue weighted by Gasteiger charge is -2.32. The van der Waals surface area contributed by atoms with Gasteiger partial charge in [-0.25, -0.2) is 4.79 Å². The molecular weight excluding hydrogens is 522 g/mol. The third kappa shape index (κ3) is 6.93. The second-order valence-electron chi connectivity index (χ2n) is 9.54. The van der Waals surface area contributed by atoms with E-state index in [-0.39, 0.29) is 17.8 Å². The Morgan fingerprint density at radius 2 is 1.44 bits per heavy atom. The van der Waals surface area contributed by atoms with Crippen LogP contribution < -0.4 is 21.7 Å². The summed E-state index contributed by atoms with van der Waals surface area (Å²) in [6.45, 7) is 1.73. The lowest BCUT2D eigenvalue weighted by molar-refractivity contribution is -0.385. The molecule has 4 aromatic carbocycles. The van der Waals surface area contributed by atoms with Gasteiger partial charge in [0.1, 0.15) is 5.54 Å². The third-order valence-electron chi connectivity index (χ3n) is 6.67. The van der Waals surface area contributed by atoms with Crippen LogP contribution in [0.15, 0.2) is 109 Å². The van der Waals surface area contributed by atoms with Gasteiger partial charge in [-0.05, 0) is 41.3 Å². The van der Waals surface area contributed by atoms with Crippen molar-refractivity contribution < 1.29 is 19.3 Å². The molecule has 0 fully saturated rings. The maximum atomic E-state index is 14.0. The molecule has 208 valence electrons. The molecule has 1 unspecified atom stereocenters. The van der Waals surface area contributed by atoms with Crippen molar-refractivity contribution in [1.29, 1.82) is 0 Å². The zero-order valence-electron chi connectivity index (χ0n) is 22.2. The minimum absolute atomic E-state index is 0.214. The Bertz CT molecular complexity index is 1500. The largest absolute Gasteiger partial charge is 0.352 e. The van der Waals surface area contributed by atoms with E-state index in [0.29, 0.717) is 5.69 Å². The average Bonchev–Trinajstić information content (AvgIpc) is 2.98. The van der Waals surface area contributed by atoms with E-state index in [1.807, 2.05) is 60.7 Å². The first-order chi connectivity index (χ1) is 19.7. The highest BCUT2D eigenvalue weighted by Crippen LogP contribution is 2.30. The molecule has 0 bridgehead atoms. The molecule has 0 aromatic heterocycles. The number of carbonyl (C=O) groups is 3. The molecule has 10 nitrogen and oxygen atoms in total. The predicted molar refractivity (Wildman–Crippen MR) is 155 cm³/mol. The van der Waals surface area contributed by atoms with Crippen LogP contribution in [0.2, 0.25) is 0 Å². The second-order valence-corrected chi connectivity index (χ2v) is 9.54. The molecule has 0 saturated heterocycles. The molecule has 1 atom stereocenters. The molecule has 0 spiro atoms. The van der Waals surface area contributed by atoms with E-state index in [9.17, 15) is 24.5 Å². The van der Waals surface area contributed by atoms with Gasteiger partial charge in [0.25, 0.3) is 11.6 Å². The third-order valence-corrected chi connectivity index (χ3v) is 6.67. The van der Waals surface area contributed by atoms with E-state index in [0.717, 1.165) is 16.7 Å². The summed E-state index contributed by atoms with van der Waals surface area (Å²) in [5.41, 5.74) is 6.06. The monoisotopic (exact) mass is 551 g/mol. The summed E-state index contributed by atoms with van der Waals surface area (Å²) in [7, 11) is 0. The first-order valence-electron chi connectivity index (χ1n) is 12.8. The molecule has 0 heterocycles. The Morgan fingerprint density at radius 3 is 1.98 bits per heavy atom. The smallest absolute Gasteiger partial charge is 0.312 e. The Morgan fingerprint density at radius 1 is 0.854 bits per heavy atom. The molecule has 41 heavy (non-hydrogen) atoms. The summed E-state index contributed by atoms with van der Waals surface area (Å²) in [6, 6.07) is 30.0. The number of anilines is 1. The number of carbonyl (C=O) groups excluding carboxylic acids is 3. The minimum atomic E-state index is -1.70. The Labute approximate surface area is 236 Å². The van der Waals surface area contributed by atoms with E-state index < -0.39 is 34.2 Å². The quantitative estimate of drug-likeness (QED) is 0.168. The number of nitrogens with zero attached hydrogens (tertiary/aromatic N) is 1. The maximum Gasteiger partial charge on any atom is 0.312 e. The van der Waals surface area contributed by atoms with Crippen molar-refractivity contribution in [3.63, 3.8) is 0 Å². The van der Waals surface area contributed by atoms with Crippen LogP contribution in [0.5, 0.6) is 0 Å². The number of nitro benzene ring substituents is 1. The van der Waals surface area contributed by atoms with Crippen LogP contribution in [0.1, 0.15) is 35.1 Å². The zero-order valence-corrected chi connectivity index (χ0v) is 22.2. The Balaban J connectivity index is 1.70. The van der Waals surface area contributed by atoms with Gasteiger partial charge in [0.15, 0.2) is 0 Å². The van der Waals surface area contributed by atoms with Crippen LogP contribution in [0.4, 0.5) is 16.2 Å². The van der Waals surface area contributed by atoms with E-state index in [1.165, 1.54) is 25.1 Å². The van der Waals surface area contributed by atoms with Crippen LogP contribution in [-0.4, -0.2) is 22.8 Å². The molecule has 0 saturated carbocycles. The van der Waals surface area contributed by atoms with E-state index in [4.69, 9.17) is 5.73 Å². The highest BCUT2D eigenvalue weighted by Gasteiger charge is 2.40. The van der Waals surface area contributed by atoms with Gasteiger partial charge < -0.3 is 21.7 Å². The van der Waals surface area contributed by atoms with Crippen LogP contribution >= 0.6 is 0 Å². The number of benzene rings is 4. The summed E-state index contributed by atoms with van der Waals surface area (Å²) in [6.07, 6.45) is 0. The molecule has 4 amide bonds. The van der Waals surface area contributed by atoms with E-state index in [1.54, 1.807) is 30.3 Å². The molecule has 0 aliphatic rings. The standard InChI is InChI=1S/C31H29N5O5/c1-31(24-13-8-14-26(19-24)36(40)41,29(38)34-25-17-15-21(16-18-25)20-33-30(32)39)35-28(37)27(22-9-4-2-5-10-22)23-11-6-3-7-12-23/h2-19,27H,20H2,1H3,(H,34,38)(H,35,37)(H3,32,33,39). The molecule has 0 radical (unpaired) electrons. The van der Waals surface area contributed by atoms with E-state index in [2.05, 4.69) is 16.0 Å². The van der Waals surface area contributed by atoms with Crippen LogP contribution in [0.3, 0.4) is 0 Å². The number of rotatable bonds is 10. The van der Waals surface area contributed by atoms with Crippen molar-refractivity contribution in [1.82, 2.24) is 10.6 Å². The van der Waals surface area contributed by atoms with Gasteiger partial charge in [0, 0.05) is 24.4 Å². The first kappa shape index (κ1) is 28.5. The number of nitro groups is 1. The summed E-state index contributed by atoms with van der Waals surface area (Å²) in [5.74, 6) is -1.81. The lowest BCUT2D eigenvalue weighted by atomic mass is 9.86. The van der Waals surface area contributed by atoms with Gasteiger partial charge in [-0.2, -0.15) is 0 Å². The molecule has 0 aliphatic heterocycles. The maximum absolute atomic E-state index is 14.0. The van der Waals surface area contributed by atoms with E-state index >= 15 is 0 Å². The molecule has 0 aliphatic carbocycles. The highest BCUT2D eigenvalue weighted by atomic mass is 16.6. The molecule has 5 N–H and O–H groups in total. The van der Waals surface area contributed by atoms with Gasteiger partial charge in [0.2, 0.25) is 5.91 Å². The first-order valence-corrected chi connectivity index (χ1v) is 12.8. The molecule has 4 aromatic rings. The number of hydrogen-bond acceptors (Lipinski definition) is 5. The van der Waals surface area contributed by atoms with Crippen molar-refractivity contribution in [2.24, 2.45) is 5.73 Å². The molecule has 10 heteroatoms. The number of nitrogens with one attached hydrogen (secondary N) is 3. The summed E-state index contributed by atoms with van der Waals surface area (Å²) in [5, 5.41) is 19.8. The normalized spacial score (nSPS) is 12.1. The number of primary amides is 1. The number of urea groups is 1. The summed E-state index contributed by atoms with van der Waals surface area (Å²) in [4.78, 5) is 49.9. The van der Waals surface area contributed by atoms with Gasteiger partial charge in [-0.15, -0.1) is 0 Å². The van der Waals surface area contributed by atoms with Gasteiger partial charge >= 0.3 is 6.03 Å². The molecular formula is C31H29N5O5. The second kappa shape index (κ2) is 12.6. The summed E-state index contributed by atoms with van der Waals surface area (Å²) < 4.78 is 0. The van der Waals surface area contributed by atoms with Gasteiger partial charge in [-0.3, -0.25) is 19.7 Å². The van der Waals surface area contributed by atoms with Crippen molar-refractivity contribution in [2.75, 3.05) is 5.32 Å². The van der Waals surface area contributed by atoms with Crippen molar-refractivity contribution in [3.8, 4) is 0 Å². The van der Waals surface area contributed by atoms with Crippen LogP contribution in [-0.2, 0) is 21.7 Å². The summed E-state index contributed by atoms with van der Waals surface area (Å²) >= 11 is 0. The fourth-order valence-corrected chi connectivity index (χ4v) is 4.45. The topological polar surface area (TPSA) is 156 Å². The number of hydrogen-bond donors (Lipinski definition) is 4. The highest BCUT2D eigenvalue weighted by molar-refractivity contribution is 6.02. The zero-order chi connectivity index (χ0) is 29.4. The lowest BCUT2D eigenvalue weighted by Crippen LogP contribution is -2.53. The molecule has 4 rings (SSSR count). The number of non-ortho nitro benzene ring substituents is 1. The SMILES string of the molecule is CC(NC(=O)C(c1ccccc1)c1ccccc1)(C(=O)Nc1ccc(CNC(N)=O)cc1)c1cccc([N+](=O)[O-])c1. The minimum Gasteiger partial charge on any atom is -0.352 e. The Hall–Kier alpha value is -5.51. The van der Waals surface area contributed by atoms with Crippen LogP contribution in [0.25, 0.3) is 0 Å². The van der Waals surface area contributed by atoms with Crippen LogP contribution in [0, 0.1) is 10.1 Å². The fourth-order valence-electron chi connectivity index (χ4n) is 4.45. The predicted octanol–water partition coefficient (Wildman–Crippen LogP) is 4.57. The van der Waals surface area contributed by atoms with Gasteiger partial charge in [0.05, 0.1) is 10.8 Å². The average molecular weight is 552 g/mol. The van der Waals surface area contributed by atoms with Crippen molar-refractivity contribution in [3.05, 3.63) is 142 Å². The number of amides is 4. The fraction of sp³-hybridized carbons (Fsp3) is 0.129. The number of nitrogens with two attached hydrogens (primary N) is 1. The Kier molecular flexibility index (Phi) is 8.73. The van der Waals surface area contributed by atoms with Gasteiger partial charge in [-0.1, -0.05) is 84.9 Å².